The molecule has 4 aromatic rings. The molecule has 1 N–H and O–H groups in total. The summed E-state index contributed by atoms with van der Waals surface area (Å²) in [5.74, 6) is -0.0162. The molecule has 1 aromatic heterocycles. The van der Waals surface area contributed by atoms with E-state index in [-0.39, 0.29) is 18.3 Å². The molecule has 0 radical (unpaired) electrons. The highest BCUT2D eigenvalue weighted by molar-refractivity contribution is 5.94. The van der Waals surface area contributed by atoms with Crippen LogP contribution in [0.4, 0.5) is 4.39 Å². The Kier molecular flexibility index (Phi) is 5.85. The maximum absolute atomic E-state index is 14.4. The van der Waals surface area contributed by atoms with Gasteiger partial charge in [0.1, 0.15) is 18.2 Å². The number of hydrogen-bond donors (Lipinski definition) is 1. The lowest BCUT2D eigenvalue weighted by atomic mass is 10.1. The predicted octanol–water partition coefficient (Wildman–Crippen LogP) is 4.52. The second kappa shape index (κ2) is 9.05. The number of ether oxygens (including phenoxy) is 1. The van der Waals surface area contributed by atoms with Crippen LogP contribution in [0.2, 0.25) is 0 Å². The smallest absolute Gasteiger partial charge is 0.251 e. The highest BCUT2D eigenvalue weighted by Crippen LogP contribution is 2.17. The summed E-state index contributed by atoms with van der Waals surface area (Å²) in [4.78, 5) is 16.4. The second-order valence-corrected chi connectivity index (χ2v) is 6.74. The highest BCUT2D eigenvalue weighted by atomic mass is 19.1. The molecule has 5 nitrogen and oxygen atoms in total. The maximum Gasteiger partial charge on any atom is 0.251 e. The van der Waals surface area contributed by atoms with Crippen molar-refractivity contribution in [3.8, 4) is 11.4 Å². The van der Waals surface area contributed by atoms with Gasteiger partial charge in [-0.1, -0.05) is 42.5 Å². The number of hydrogen-bond acceptors (Lipinski definition) is 3. The van der Waals surface area contributed by atoms with Crippen molar-refractivity contribution in [1.29, 1.82) is 0 Å². The van der Waals surface area contributed by atoms with E-state index >= 15 is 0 Å². The van der Waals surface area contributed by atoms with E-state index in [9.17, 15) is 9.18 Å². The van der Waals surface area contributed by atoms with Gasteiger partial charge < -0.3 is 14.6 Å². The van der Waals surface area contributed by atoms with Gasteiger partial charge in [-0.15, -0.1) is 0 Å². The summed E-state index contributed by atoms with van der Waals surface area (Å²) in [7, 11) is 0. The fourth-order valence-electron chi connectivity index (χ4n) is 3.02. The molecule has 0 atom stereocenters. The van der Waals surface area contributed by atoms with Gasteiger partial charge in [0, 0.05) is 24.5 Å². The average molecular weight is 401 g/mol. The molecule has 0 spiro atoms. The summed E-state index contributed by atoms with van der Waals surface area (Å²) in [6.45, 7) is 0.642. The normalized spacial score (nSPS) is 10.6. The molecule has 0 fully saturated rings. The van der Waals surface area contributed by atoms with Crippen molar-refractivity contribution in [2.24, 2.45) is 0 Å². The van der Waals surface area contributed by atoms with Crippen LogP contribution in [0.1, 0.15) is 21.5 Å². The molecule has 0 aliphatic heterocycles. The first-order valence-electron chi connectivity index (χ1n) is 9.51. The number of amides is 1. The third kappa shape index (κ3) is 4.72. The van der Waals surface area contributed by atoms with E-state index in [4.69, 9.17) is 4.74 Å². The van der Waals surface area contributed by atoms with Crippen LogP contribution in [0.3, 0.4) is 0 Å². The van der Waals surface area contributed by atoms with Crippen LogP contribution >= 0.6 is 0 Å². The Morgan fingerprint density at radius 3 is 2.63 bits per heavy atom. The fourth-order valence-corrected chi connectivity index (χ4v) is 3.02. The van der Waals surface area contributed by atoms with Gasteiger partial charge in [-0.25, -0.2) is 9.37 Å². The van der Waals surface area contributed by atoms with Crippen LogP contribution in [0, 0.1) is 5.82 Å². The van der Waals surface area contributed by atoms with Gasteiger partial charge in [0.15, 0.2) is 0 Å². The quantitative estimate of drug-likeness (QED) is 0.495. The summed E-state index contributed by atoms with van der Waals surface area (Å²) >= 11 is 0. The van der Waals surface area contributed by atoms with Crippen molar-refractivity contribution >= 4 is 5.91 Å². The van der Waals surface area contributed by atoms with Gasteiger partial charge in [0.25, 0.3) is 5.91 Å². The van der Waals surface area contributed by atoms with E-state index in [1.54, 1.807) is 47.3 Å². The Morgan fingerprint density at radius 1 is 1.00 bits per heavy atom. The highest BCUT2D eigenvalue weighted by Gasteiger charge is 2.09. The summed E-state index contributed by atoms with van der Waals surface area (Å²) in [6.07, 6.45) is 4.80. The Bertz CT molecular complexity index is 1130. The fraction of sp³-hybridized carbons (Fsp3) is 0.0833. The third-order valence-electron chi connectivity index (χ3n) is 4.59. The van der Waals surface area contributed by atoms with Crippen LogP contribution < -0.4 is 10.1 Å². The van der Waals surface area contributed by atoms with Crippen LogP contribution in [0.5, 0.6) is 5.75 Å². The molecule has 0 aliphatic carbocycles. The Morgan fingerprint density at radius 2 is 1.87 bits per heavy atom. The van der Waals surface area contributed by atoms with E-state index < -0.39 is 0 Å². The van der Waals surface area contributed by atoms with Crippen LogP contribution in [0.25, 0.3) is 5.69 Å². The van der Waals surface area contributed by atoms with Crippen molar-refractivity contribution in [2.45, 2.75) is 13.2 Å². The summed E-state index contributed by atoms with van der Waals surface area (Å²) < 4.78 is 21.7. The first-order valence-corrected chi connectivity index (χ1v) is 9.51. The molecule has 1 amide bonds. The number of halogens is 1. The van der Waals surface area contributed by atoms with Crippen molar-refractivity contribution in [3.05, 3.63) is 114 Å². The molecule has 0 aliphatic rings. The number of rotatable bonds is 7. The first-order chi connectivity index (χ1) is 14.7. The lowest BCUT2D eigenvalue weighted by Gasteiger charge is -2.10. The van der Waals surface area contributed by atoms with Crippen LogP contribution in [-0.4, -0.2) is 15.5 Å². The monoisotopic (exact) mass is 401 g/mol. The summed E-state index contributed by atoms with van der Waals surface area (Å²) in [5, 5.41) is 2.82. The lowest BCUT2D eigenvalue weighted by molar-refractivity contribution is 0.0950. The number of nitrogens with one attached hydrogen (secondary N) is 1. The minimum Gasteiger partial charge on any atom is -0.489 e. The topological polar surface area (TPSA) is 56.2 Å². The zero-order valence-electron chi connectivity index (χ0n) is 16.2. The molecule has 3 aromatic carbocycles. The van der Waals surface area contributed by atoms with Gasteiger partial charge in [-0.05, 0) is 41.5 Å². The van der Waals surface area contributed by atoms with E-state index in [0.29, 0.717) is 29.2 Å². The molecule has 150 valence electrons. The summed E-state index contributed by atoms with van der Waals surface area (Å²) in [6, 6.07) is 21.7. The number of benzene rings is 3. The molecule has 4 rings (SSSR count). The number of aromatic nitrogens is 2. The first kappa shape index (κ1) is 19.4. The van der Waals surface area contributed by atoms with Crippen LogP contribution in [0.15, 0.2) is 91.5 Å². The molecule has 6 heteroatoms. The van der Waals surface area contributed by atoms with Crippen molar-refractivity contribution < 1.29 is 13.9 Å². The third-order valence-corrected chi connectivity index (χ3v) is 4.59. The van der Waals surface area contributed by atoms with E-state index in [0.717, 1.165) is 5.56 Å². The number of nitrogens with zero attached hydrogens (tertiary/aromatic N) is 2. The minimum atomic E-state index is -0.379. The van der Waals surface area contributed by atoms with Crippen LogP contribution in [-0.2, 0) is 13.2 Å². The summed E-state index contributed by atoms with van der Waals surface area (Å²) in [5.41, 5.74) is 2.61. The molecule has 0 bridgehead atoms. The van der Waals surface area contributed by atoms with Crippen molar-refractivity contribution in [1.82, 2.24) is 14.9 Å². The standard InChI is InChI=1S/C24H20FN3O2/c25-22-13-19(9-10-23(22)28-12-11-26-17-28)15-27-24(29)20-7-4-8-21(14-20)30-16-18-5-2-1-3-6-18/h1-14,17H,15-16H2,(H,27,29). The van der Waals surface area contributed by atoms with Crippen molar-refractivity contribution in [2.75, 3.05) is 0 Å². The Balaban J connectivity index is 1.36. The Hall–Kier alpha value is -3.93. The number of carbonyl (C=O) groups excluding carboxylic acids is 1. The Labute approximate surface area is 173 Å². The molecule has 0 saturated heterocycles. The zero-order chi connectivity index (χ0) is 20.8. The van der Waals surface area contributed by atoms with Gasteiger partial charge in [-0.2, -0.15) is 0 Å². The number of carbonyl (C=O) groups is 1. The van der Waals surface area contributed by atoms with E-state index in [1.165, 1.54) is 12.4 Å². The average Bonchev–Trinajstić information content (AvgIpc) is 3.31. The molecular weight excluding hydrogens is 381 g/mol. The second-order valence-electron chi connectivity index (χ2n) is 6.74. The molecule has 30 heavy (non-hydrogen) atoms. The zero-order valence-corrected chi connectivity index (χ0v) is 16.2. The maximum atomic E-state index is 14.4. The molecule has 0 saturated carbocycles. The lowest BCUT2D eigenvalue weighted by Crippen LogP contribution is -2.22. The largest absolute Gasteiger partial charge is 0.489 e. The predicted molar refractivity (Wildman–Crippen MR) is 112 cm³/mol. The molecular formula is C24H20FN3O2. The minimum absolute atomic E-state index is 0.217. The van der Waals surface area contributed by atoms with E-state index in [2.05, 4.69) is 10.3 Å². The van der Waals surface area contributed by atoms with Gasteiger partial charge in [0.2, 0.25) is 0 Å². The molecule has 1 heterocycles. The van der Waals surface area contributed by atoms with Gasteiger partial charge in [-0.3, -0.25) is 4.79 Å². The number of imidazole rings is 1. The van der Waals surface area contributed by atoms with Gasteiger partial charge >= 0.3 is 0 Å². The van der Waals surface area contributed by atoms with E-state index in [1.807, 2.05) is 36.4 Å². The SMILES string of the molecule is O=C(NCc1ccc(-n2ccnc2)c(F)c1)c1cccc(OCc2ccccc2)c1. The van der Waals surface area contributed by atoms with Crippen molar-refractivity contribution in [3.63, 3.8) is 0 Å². The van der Waals surface area contributed by atoms with Gasteiger partial charge in [0.05, 0.1) is 12.0 Å². The molecule has 0 unspecified atom stereocenters.